The zero-order valence-electron chi connectivity index (χ0n) is 11.5. The maximum Gasteiger partial charge on any atom is 0.119 e. The lowest BCUT2D eigenvalue weighted by atomic mass is 10.1. The predicted molar refractivity (Wildman–Crippen MR) is 76.3 cm³/mol. The van der Waals surface area contributed by atoms with Gasteiger partial charge in [0.2, 0.25) is 0 Å². The Balaban J connectivity index is 1.84. The molecule has 1 aromatic carbocycles. The molecule has 0 radical (unpaired) electrons. The van der Waals surface area contributed by atoms with Crippen LogP contribution in [0.15, 0.2) is 43.0 Å². The zero-order valence-corrected chi connectivity index (χ0v) is 11.5. The summed E-state index contributed by atoms with van der Waals surface area (Å²) in [5.74, 6) is 0.912. The fourth-order valence-electron chi connectivity index (χ4n) is 2.09. The first-order valence-corrected chi connectivity index (χ1v) is 6.69. The van der Waals surface area contributed by atoms with Crippen molar-refractivity contribution >= 4 is 0 Å². The number of rotatable bonds is 7. The molecule has 0 aliphatic rings. The van der Waals surface area contributed by atoms with Gasteiger partial charge in [-0.05, 0) is 31.2 Å². The Hall–Kier alpha value is -1.81. The molecule has 4 heteroatoms. The normalized spacial score (nSPS) is 12.3. The number of ether oxygens (including phenoxy) is 1. The third-order valence-corrected chi connectivity index (χ3v) is 3.22. The summed E-state index contributed by atoms with van der Waals surface area (Å²) in [4.78, 5) is 4.00. The van der Waals surface area contributed by atoms with E-state index >= 15 is 0 Å². The van der Waals surface area contributed by atoms with Gasteiger partial charge in [-0.2, -0.15) is 0 Å². The Bertz CT molecular complexity index is 461. The third-order valence-electron chi connectivity index (χ3n) is 3.22. The molecule has 0 spiro atoms. The maximum absolute atomic E-state index is 5.71. The summed E-state index contributed by atoms with van der Waals surface area (Å²) in [6.07, 6.45) is 6.59. The van der Waals surface area contributed by atoms with Crippen molar-refractivity contribution in [2.24, 2.45) is 0 Å². The van der Waals surface area contributed by atoms with Gasteiger partial charge in [0.25, 0.3) is 0 Å². The smallest absolute Gasteiger partial charge is 0.119 e. The van der Waals surface area contributed by atoms with E-state index in [9.17, 15) is 0 Å². The van der Waals surface area contributed by atoms with Gasteiger partial charge < -0.3 is 14.6 Å². The Labute approximate surface area is 114 Å². The van der Waals surface area contributed by atoms with Crippen LogP contribution in [-0.4, -0.2) is 23.2 Å². The lowest BCUT2D eigenvalue weighted by Crippen LogP contribution is -2.15. The van der Waals surface area contributed by atoms with E-state index in [1.54, 1.807) is 12.5 Å². The highest BCUT2D eigenvalue weighted by Crippen LogP contribution is 2.19. The van der Waals surface area contributed by atoms with Gasteiger partial charge in [0, 0.05) is 18.4 Å². The predicted octanol–water partition coefficient (Wildman–Crippen LogP) is 2.63. The summed E-state index contributed by atoms with van der Waals surface area (Å²) >= 11 is 0. The lowest BCUT2D eigenvalue weighted by Gasteiger charge is -2.14. The van der Waals surface area contributed by atoms with Crippen LogP contribution in [0.3, 0.4) is 0 Å². The SMILES string of the molecule is CCC(NC)c1ccc(OCCn2ccnc2)cc1. The molecular weight excluding hydrogens is 238 g/mol. The van der Waals surface area contributed by atoms with E-state index in [-0.39, 0.29) is 0 Å². The van der Waals surface area contributed by atoms with E-state index in [1.807, 2.05) is 29.9 Å². The molecule has 1 unspecified atom stereocenters. The van der Waals surface area contributed by atoms with Crippen molar-refractivity contribution in [1.29, 1.82) is 0 Å². The topological polar surface area (TPSA) is 39.1 Å². The van der Waals surface area contributed by atoms with E-state index in [0.29, 0.717) is 12.6 Å². The van der Waals surface area contributed by atoms with Crippen LogP contribution in [0.5, 0.6) is 5.75 Å². The molecule has 1 heterocycles. The van der Waals surface area contributed by atoms with Gasteiger partial charge in [0.1, 0.15) is 12.4 Å². The summed E-state index contributed by atoms with van der Waals surface area (Å²) in [7, 11) is 1.99. The van der Waals surface area contributed by atoms with Gasteiger partial charge >= 0.3 is 0 Å². The van der Waals surface area contributed by atoms with E-state index in [0.717, 1.165) is 18.7 Å². The molecule has 1 atom stereocenters. The van der Waals surface area contributed by atoms with Crippen LogP contribution in [0, 0.1) is 0 Å². The van der Waals surface area contributed by atoms with Crippen LogP contribution in [-0.2, 0) is 6.54 Å². The molecule has 2 rings (SSSR count). The summed E-state index contributed by atoms with van der Waals surface area (Å²) in [6.45, 7) is 3.64. The van der Waals surface area contributed by atoms with Crippen LogP contribution in [0.1, 0.15) is 24.9 Å². The first-order valence-electron chi connectivity index (χ1n) is 6.69. The minimum atomic E-state index is 0.417. The molecular formula is C15H21N3O. The first kappa shape index (κ1) is 13.6. The monoisotopic (exact) mass is 259 g/mol. The third kappa shape index (κ3) is 3.83. The molecule has 0 aliphatic heterocycles. The second kappa shape index (κ2) is 6.95. The van der Waals surface area contributed by atoms with Crippen LogP contribution >= 0.6 is 0 Å². The summed E-state index contributed by atoms with van der Waals surface area (Å²) in [6, 6.07) is 8.72. The Kier molecular flexibility index (Phi) is 4.98. The Morgan fingerprint density at radius 2 is 2.11 bits per heavy atom. The maximum atomic E-state index is 5.71. The molecule has 19 heavy (non-hydrogen) atoms. The fourth-order valence-corrected chi connectivity index (χ4v) is 2.09. The zero-order chi connectivity index (χ0) is 13.5. The lowest BCUT2D eigenvalue weighted by molar-refractivity contribution is 0.298. The Morgan fingerprint density at radius 1 is 1.32 bits per heavy atom. The van der Waals surface area contributed by atoms with Crippen molar-refractivity contribution < 1.29 is 4.74 Å². The molecule has 0 saturated heterocycles. The minimum Gasteiger partial charge on any atom is -0.492 e. The van der Waals surface area contributed by atoms with Crippen LogP contribution in [0.4, 0.5) is 0 Å². The second-order valence-electron chi connectivity index (χ2n) is 4.47. The van der Waals surface area contributed by atoms with Gasteiger partial charge in [-0.1, -0.05) is 19.1 Å². The van der Waals surface area contributed by atoms with Gasteiger partial charge in [0.15, 0.2) is 0 Å². The van der Waals surface area contributed by atoms with Crippen molar-refractivity contribution in [2.75, 3.05) is 13.7 Å². The first-order chi connectivity index (χ1) is 9.33. The number of hydrogen-bond acceptors (Lipinski definition) is 3. The number of aromatic nitrogens is 2. The average molecular weight is 259 g/mol. The number of hydrogen-bond donors (Lipinski definition) is 1. The molecule has 0 fully saturated rings. The van der Waals surface area contributed by atoms with Gasteiger partial charge in [0.05, 0.1) is 12.9 Å². The van der Waals surface area contributed by atoms with Gasteiger partial charge in [-0.3, -0.25) is 0 Å². The van der Waals surface area contributed by atoms with Crippen molar-refractivity contribution in [1.82, 2.24) is 14.9 Å². The number of imidazole rings is 1. The highest BCUT2D eigenvalue weighted by molar-refractivity contribution is 5.29. The molecule has 102 valence electrons. The van der Waals surface area contributed by atoms with E-state index in [2.05, 4.69) is 29.4 Å². The van der Waals surface area contributed by atoms with Crippen molar-refractivity contribution in [3.8, 4) is 5.75 Å². The van der Waals surface area contributed by atoms with Crippen molar-refractivity contribution in [2.45, 2.75) is 25.9 Å². The molecule has 0 saturated carbocycles. The van der Waals surface area contributed by atoms with Crippen LogP contribution in [0.25, 0.3) is 0 Å². The number of nitrogens with one attached hydrogen (secondary N) is 1. The fraction of sp³-hybridized carbons (Fsp3) is 0.400. The second-order valence-corrected chi connectivity index (χ2v) is 4.47. The van der Waals surface area contributed by atoms with E-state index < -0.39 is 0 Å². The standard InChI is InChI=1S/C15H21N3O/c1-3-15(16-2)13-4-6-14(7-5-13)19-11-10-18-9-8-17-12-18/h4-9,12,15-16H,3,10-11H2,1-2H3. The largest absolute Gasteiger partial charge is 0.492 e. The molecule has 1 aromatic heterocycles. The van der Waals surface area contributed by atoms with E-state index in [4.69, 9.17) is 4.74 Å². The van der Waals surface area contributed by atoms with Crippen LogP contribution in [0.2, 0.25) is 0 Å². The summed E-state index contributed by atoms with van der Waals surface area (Å²) < 4.78 is 7.71. The van der Waals surface area contributed by atoms with Crippen molar-refractivity contribution in [3.05, 3.63) is 48.5 Å². The molecule has 1 N–H and O–H groups in total. The van der Waals surface area contributed by atoms with Gasteiger partial charge in [-0.25, -0.2) is 4.98 Å². The highest BCUT2D eigenvalue weighted by Gasteiger charge is 2.05. The highest BCUT2D eigenvalue weighted by atomic mass is 16.5. The van der Waals surface area contributed by atoms with Gasteiger partial charge in [-0.15, -0.1) is 0 Å². The Morgan fingerprint density at radius 3 is 2.68 bits per heavy atom. The van der Waals surface area contributed by atoms with Crippen molar-refractivity contribution in [3.63, 3.8) is 0 Å². The number of benzene rings is 1. The van der Waals surface area contributed by atoms with E-state index in [1.165, 1.54) is 5.56 Å². The average Bonchev–Trinajstić information content (AvgIpc) is 2.95. The molecule has 0 bridgehead atoms. The molecule has 4 nitrogen and oxygen atoms in total. The quantitative estimate of drug-likeness (QED) is 0.831. The molecule has 2 aromatic rings. The minimum absolute atomic E-state index is 0.417. The number of nitrogens with zero attached hydrogens (tertiary/aromatic N) is 2. The molecule has 0 aliphatic carbocycles. The summed E-state index contributed by atoms with van der Waals surface area (Å²) in [5, 5.41) is 3.30. The summed E-state index contributed by atoms with van der Waals surface area (Å²) in [5.41, 5.74) is 1.30. The van der Waals surface area contributed by atoms with Crippen LogP contribution < -0.4 is 10.1 Å². The molecule has 0 amide bonds.